The number of rotatable bonds is 13. The number of sulfonamides is 1. The number of piperidine rings is 1. The molecule has 0 unspecified atom stereocenters. The van der Waals surface area contributed by atoms with Gasteiger partial charge in [-0.25, -0.2) is 23.1 Å². The standard InChI is InChI=1S/C46H56N8O5S/c1-29(2)36-6-3-4-7-37(36)41-8-5-15-54(41)33-23-46(24-33)12-16-53(17-13-46)43-22-42(59-34-20-32-11-14-48-44(32)51-26-34)38(27-50-43)45(56)52-60(57,58)35-9-10-40(39(47)21-35)49-25-30-18-31(19-30)28-55/h3-4,6-7,9-11,14,20-22,26-27,29-31,33,41,49,55H,5,8,12-13,15-19,23-25,28,47H2,1-2H3,(H,48,51)(H,52,56)/t30?,31?,41-/m0/s1. The Morgan fingerprint density at radius 3 is 2.58 bits per heavy atom. The van der Waals surface area contributed by atoms with Crippen LogP contribution in [0, 0.1) is 17.3 Å². The molecule has 2 aliphatic carbocycles. The molecule has 2 aromatic carbocycles. The predicted molar refractivity (Wildman–Crippen MR) is 234 cm³/mol. The van der Waals surface area contributed by atoms with E-state index in [4.69, 9.17) is 15.5 Å². The number of aromatic amines is 1. The van der Waals surface area contributed by atoms with Gasteiger partial charge in [-0.15, -0.1) is 0 Å². The Morgan fingerprint density at radius 1 is 1.02 bits per heavy atom. The second kappa shape index (κ2) is 16.4. The van der Waals surface area contributed by atoms with Gasteiger partial charge >= 0.3 is 0 Å². The number of carbonyl (C=O) groups excluding carboxylic acids is 1. The molecule has 5 heterocycles. The summed E-state index contributed by atoms with van der Waals surface area (Å²) in [4.78, 5) is 31.0. The number of hydrogen-bond donors (Lipinski definition) is 5. The Bertz CT molecular complexity index is 2470. The van der Waals surface area contributed by atoms with Crippen LogP contribution in [0.4, 0.5) is 17.2 Å². The lowest BCUT2D eigenvalue weighted by Crippen LogP contribution is -2.55. The molecule has 0 radical (unpaired) electrons. The van der Waals surface area contributed by atoms with Crippen molar-refractivity contribution in [3.63, 3.8) is 0 Å². The van der Waals surface area contributed by atoms with Crippen LogP contribution < -0.4 is 25.4 Å². The first kappa shape index (κ1) is 40.2. The molecule has 60 heavy (non-hydrogen) atoms. The molecular formula is C46H56N8O5S. The first-order valence-electron chi connectivity index (χ1n) is 21.5. The Hall–Kier alpha value is -5.18. The Morgan fingerprint density at radius 2 is 1.82 bits per heavy atom. The minimum atomic E-state index is -4.32. The highest BCUT2D eigenvalue weighted by atomic mass is 32.2. The number of nitrogen functional groups attached to an aromatic ring is 1. The summed E-state index contributed by atoms with van der Waals surface area (Å²) in [6.07, 6.45) is 13.6. The summed E-state index contributed by atoms with van der Waals surface area (Å²) in [5, 5.41) is 13.4. The first-order chi connectivity index (χ1) is 29.0. The molecule has 1 spiro atoms. The number of benzene rings is 2. The van der Waals surface area contributed by atoms with Crippen molar-refractivity contribution in [1.82, 2.24) is 24.6 Å². The van der Waals surface area contributed by atoms with Crippen LogP contribution in [0.15, 0.2) is 84.1 Å². The number of aliphatic hydroxyl groups excluding tert-OH is 1. The van der Waals surface area contributed by atoms with Gasteiger partial charge in [0.2, 0.25) is 0 Å². The summed E-state index contributed by atoms with van der Waals surface area (Å²) >= 11 is 0. The van der Waals surface area contributed by atoms with E-state index in [0.29, 0.717) is 64.7 Å². The van der Waals surface area contributed by atoms with Gasteiger partial charge in [0.1, 0.15) is 28.5 Å². The molecule has 1 atom stereocenters. The van der Waals surface area contributed by atoms with Gasteiger partial charge in [-0.1, -0.05) is 38.1 Å². The number of nitrogens with two attached hydrogens (primary N) is 1. The first-order valence-corrected chi connectivity index (χ1v) is 23.0. The van der Waals surface area contributed by atoms with Gasteiger partial charge in [0.15, 0.2) is 0 Å². The summed E-state index contributed by atoms with van der Waals surface area (Å²) in [5.74, 6) is 1.64. The highest BCUT2D eigenvalue weighted by Gasteiger charge is 2.50. The van der Waals surface area contributed by atoms with E-state index in [9.17, 15) is 18.3 Å². The number of nitrogens with zero attached hydrogens (tertiary/aromatic N) is 4. The van der Waals surface area contributed by atoms with Crippen molar-refractivity contribution in [2.24, 2.45) is 17.3 Å². The van der Waals surface area contributed by atoms with Crippen molar-refractivity contribution in [3.8, 4) is 11.5 Å². The van der Waals surface area contributed by atoms with Gasteiger partial charge < -0.3 is 30.8 Å². The number of likely N-dealkylation sites (tertiary alicyclic amines) is 1. The lowest BCUT2D eigenvalue weighted by molar-refractivity contribution is -0.0228. The molecule has 13 nitrogen and oxygen atoms in total. The van der Waals surface area contributed by atoms with E-state index in [-0.39, 0.29) is 28.5 Å². The number of amides is 1. The smallest absolute Gasteiger partial charge is 0.270 e. The fraction of sp³-hybridized carbons (Fsp3) is 0.457. The highest BCUT2D eigenvalue weighted by molar-refractivity contribution is 7.90. The van der Waals surface area contributed by atoms with E-state index in [2.05, 4.69) is 67.9 Å². The molecular weight excluding hydrogens is 777 g/mol. The van der Waals surface area contributed by atoms with E-state index in [1.54, 1.807) is 24.5 Å². The van der Waals surface area contributed by atoms with Crippen molar-refractivity contribution in [2.45, 2.75) is 88.1 Å². The minimum Gasteiger partial charge on any atom is -0.455 e. The number of carbonyl (C=O) groups is 1. The second-order valence-corrected chi connectivity index (χ2v) is 19.6. The van der Waals surface area contributed by atoms with Crippen molar-refractivity contribution in [3.05, 3.63) is 95.9 Å². The van der Waals surface area contributed by atoms with Crippen LogP contribution in [0.25, 0.3) is 11.0 Å². The maximum Gasteiger partial charge on any atom is 0.270 e. The summed E-state index contributed by atoms with van der Waals surface area (Å²) < 4.78 is 35.7. The van der Waals surface area contributed by atoms with E-state index in [0.717, 1.165) is 50.7 Å². The third-order valence-corrected chi connectivity index (χ3v) is 15.0. The maximum atomic E-state index is 13.9. The van der Waals surface area contributed by atoms with E-state index in [1.165, 1.54) is 55.1 Å². The average Bonchev–Trinajstić information content (AvgIpc) is 3.90. The van der Waals surface area contributed by atoms with Gasteiger partial charge in [0.05, 0.1) is 22.5 Å². The zero-order valence-electron chi connectivity index (χ0n) is 34.4. The number of ether oxygens (including phenoxy) is 1. The maximum absolute atomic E-state index is 13.9. The zero-order valence-corrected chi connectivity index (χ0v) is 35.3. The molecule has 1 amide bonds. The minimum absolute atomic E-state index is 0.0287. The molecule has 2 saturated carbocycles. The fourth-order valence-electron chi connectivity index (χ4n) is 10.2. The molecule has 3 aromatic heterocycles. The molecule has 5 aromatic rings. The Labute approximate surface area is 352 Å². The Balaban J connectivity index is 0.884. The van der Waals surface area contributed by atoms with E-state index < -0.39 is 15.9 Å². The van der Waals surface area contributed by atoms with Gasteiger partial charge in [0, 0.05) is 62.2 Å². The van der Waals surface area contributed by atoms with Crippen LogP contribution in [-0.2, 0) is 10.0 Å². The average molecular weight is 833 g/mol. The van der Waals surface area contributed by atoms with Gasteiger partial charge in [-0.2, -0.15) is 0 Å². The molecule has 4 aliphatic rings. The van der Waals surface area contributed by atoms with Crippen molar-refractivity contribution >= 4 is 44.2 Å². The number of hydrogen-bond acceptors (Lipinski definition) is 11. The number of anilines is 3. The third-order valence-electron chi connectivity index (χ3n) is 13.7. The van der Waals surface area contributed by atoms with Gasteiger partial charge in [0.25, 0.3) is 15.9 Å². The topological polar surface area (TPSA) is 179 Å². The molecule has 6 N–H and O–H groups in total. The van der Waals surface area contributed by atoms with Crippen molar-refractivity contribution in [1.29, 1.82) is 0 Å². The molecule has 316 valence electrons. The number of aromatic nitrogens is 3. The van der Waals surface area contributed by atoms with Crippen LogP contribution in [0.1, 0.15) is 98.7 Å². The molecule has 0 bridgehead atoms. The van der Waals surface area contributed by atoms with Gasteiger partial charge in [-0.05, 0) is 123 Å². The van der Waals surface area contributed by atoms with Crippen LogP contribution in [0.2, 0.25) is 0 Å². The third kappa shape index (κ3) is 8.04. The summed E-state index contributed by atoms with van der Waals surface area (Å²) in [5.41, 5.74) is 11.1. The largest absolute Gasteiger partial charge is 0.455 e. The zero-order chi connectivity index (χ0) is 41.6. The van der Waals surface area contributed by atoms with E-state index in [1.807, 2.05) is 12.1 Å². The molecule has 14 heteroatoms. The summed E-state index contributed by atoms with van der Waals surface area (Å²) in [6, 6.07) is 19.9. The number of H-pyrrole nitrogens is 1. The number of fused-ring (bicyclic) bond motifs is 1. The Kier molecular flexibility index (Phi) is 11.0. The van der Waals surface area contributed by atoms with E-state index >= 15 is 0 Å². The SMILES string of the molecule is CC(C)c1ccccc1[C@@H]1CCCN1C1CC2(CCN(c3cc(Oc4cnc5[nH]ccc5c4)c(C(=O)NS(=O)(=O)c4ccc(NCC5CC(CO)C5)c(N)c4)cn3)CC2)C1. The molecule has 4 fully saturated rings. The van der Waals surface area contributed by atoms with Crippen molar-refractivity contribution < 1.29 is 23.1 Å². The summed E-state index contributed by atoms with van der Waals surface area (Å²) in [7, 11) is -4.32. The molecule has 2 aliphatic heterocycles. The normalized spacial score (nSPS) is 21.9. The second-order valence-electron chi connectivity index (χ2n) is 17.9. The lowest BCUT2D eigenvalue weighted by atomic mass is 9.60. The molecule has 2 saturated heterocycles. The van der Waals surface area contributed by atoms with Crippen LogP contribution in [0.5, 0.6) is 11.5 Å². The van der Waals surface area contributed by atoms with Crippen LogP contribution >= 0.6 is 0 Å². The van der Waals surface area contributed by atoms with Crippen LogP contribution in [-0.4, -0.2) is 78.1 Å². The predicted octanol–water partition coefficient (Wildman–Crippen LogP) is 7.59. The number of nitrogens with one attached hydrogen (secondary N) is 3. The number of pyridine rings is 2. The van der Waals surface area contributed by atoms with Crippen molar-refractivity contribution in [2.75, 3.05) is 48.7 Å². The lowest BCUT2D eigenvalue weighted by Gasteiger charge is -2.56. The fourth-order valence-corrected chi connectivity index (χ4v) is 11.2. The molecule has 9 rings (SSSR count). The highest BCUT2D eigenvalue weighted by Crippen LogP contribution is 2.54. The monoisotopic (exact) mass is 832 g/mol. The van der Waals surface area contributed by atoms with Gasteiger partial charge in [-0.3, -0.25) is 9.69 Å². The number of aliphatic hydroxyl groups is 1. The van der Waals surface area contributed by atoms with Crippen LogP contribution in [0.3, 0.4) is 0 Å². The summed E-state index contributed by atoms with van der Waals surface area (Å²) in [6.45, 7) is 8.27. The quantitative estimate of drug-likeness (QED) is 0.0739.